The molecule has 1 aliphatic rings. The quantitative estimate of drug-likeness (QED) is 0.604. The molecule has 0 aromatic heterocycles. The SMILES string of the molecule is CCC(CC)C(=O)Nc1ccc2c(c1)/C(=N/O)C(=O)N2Cc1ccccc1. The zero-order valence-electron chi connectivity index (χ0n) is 15.5. The average molecular weight is 365 g/mol. The standard InChI is InChI=1S/C21H23N3O3/c1-3-15(4-2)20(25)22-16-10-11-18-17(12-16)19(23-27)21(26)24(18)13-14-8-6-5-7-9-14/h5-12,15,27H,3-4,13H2,1-2H3,(H,22,25)/b23-19-. The Morgan fingerprint density at radius 2 is 1.85 bits per heavy atom. The highest BCUT2D eigenvalue weighted by Crippen LogP contribution is 2.33. The van der Waals surface area contributed by atoms with E-state index in [1.807, 2.05) is 44.2 Å². The first kappa shape index (κ1) is 18.6. The van der Waals surface area contributed by atoms with Crippen LogP contribution >= 0.6 is 0 Å². The van der Waals surface area contributed by atoms with E-state index in [0.29, 0.717) is 23.5 Å². The molecule has 0 spiro atoms. The van der Waals surface area contributed by atoms with Gasteiger partial charge in [-0.1, -0.05) is 49.3 Å². The van der Waals surface area contributed by atoms with E-state index in [2.05, 4.69) is 10.5 Å². The van der Waals surface area contributed by atoms with E-state index in [-0.39, 0.29) is 23.4 Å². The molecule has 27 heavy (non-hydrogen) atoms. The van der Waals surface area contributed by atoms with E-state index < -0.39 is 0 Å². The van der Waals surface area contributed by atoms with E-state index >= 15 is 0 Å². The van der Waals surface area contributed by atoms with Crippen LogP contribution in [0.3, 0.4) is 0 Å². The fourth-order valence-corrected chi connectivity index (χ4v) is 3.31. The lowest BCUT2D eigenvalue weighted by Crippen LogP contribution is -2.29. The third-order valence-corrected chi connectivity index (χ3v) is 4.90. The van der Waals surface area contributed by atoms with Gasteiger partial charge in [-0.15, -0.1) is 0 Å². The van der Waals surface area contributed by atoms with Gasteiger partial charge in [0.1, 0.15) is 0 Å². The Bertz CT molecular complexity index is 873. The van der Waals surface area contributed by atoms with Crippen LogP contribution in [-0.4, -0.2) is 22.7 Å². The van der Waals surface area contributed by atoms with Crippen LogP contribution in [0.5, 0.6) is 0 Å². The number of amides is 2. The van der Waals surface area contributed by atoms with Gasteiger partial charge in [-0.25, -0.2) is 0 Å². The molecule has 0 aliphatic carbocycles. The van der Waals surface area contributed by atoms with Gasteiger partial charge in [-0.05, 0) is 36.6 Å². The molecule has 0 atom stereocenters. The average Bonchev–Trinajstić information content (AvgIpc) is 2.94. The van der Waals surface area contributed by atoms with Crippen molar-refractivity contribution in [2.75, 3.05) is 10.2 Å². The van der Waals surface area contributed by atoms with Crippen molar-refractivity contribution in [2.45, 2.75) is 33.2 Å². The van der Waals surface area contributed by atoms with E-state index in [0.717, 1.165) is 18.4 Å². The highest BCUT2D eigenvalue weighted by Gasteiger charge is 2.35. The van der Waals surface area contributed by atoms with Gasteiger partial charge in [0.25, 0.3) is 5.91 Å². The summed E-state index contributed by atoms with van der Waals surface area (Å²) in [5.41, 5.74) is 2.72. The van der Waals surface area contributed by atoms with Crippen LogP contribution in [0.1, 0.15) is 37.8 Å². The lowest BCUT2D eigenvalue weighted by Gasteiger charge is -2.17. The fraction of sp³-hybridized carbons (Fsp3) is 0.286. The first-order valence-electron chi connectivity index (χ1n) is 9.12. The van der Waals surface area contributed by atoms with Crippen LogP contribution in [0.2, 0.25) is 0 Å². The second-order valence-electron chi connectivity index (χ2n) is 6.56. The van der Waals surface area contributed by atoms with Crippen LogP contribution < -0.4 is 10.2 Å². The smallest absolute Gasteiger partial charge is 0.281 e. The molecule has 1 aliphatic heterocycles. The molecule has 0 saturated heterocycles. The number of anilines is 2. The summed E-state index contributed by atoms with van der Waals surface area (Å²) in [6.45, 7) is 4.34. The molecule has 2 aromatic carbocycles. The summed E-state index contributed by atoms with van der Waals surface area (Å²) >= 11 is 0. The molecule has 0 radical (unpaired) electrons. The van der Waals surface area contributed by atoms with E-state index in [1.165, 1.54) is 0 Å². The molecule has 2 aromatic rings. The predicted octanol–water partition coefficient (Wildman–Crippen LogP) is 3.79. The summed E-state index contributed by atoms with van der Waals surface area (Å²) in [6, 6.07) is 14.8. The molecule has 3 rings (SSSR count). The maximum atomic E-state index is 12.7. The number of benzene rings is 2. The molecule has 0 unspecified atom stereocenters. The summed E-state index contributed by atoms with van der Waals surface area (Å²) in [4.78, 5) is 26.6. The minimum atomic E-state index is -0.361. The molecule has 0 saturated carbocycles. The zero-order chi connectivity index (χ0) is 19.4. The monoisotopic (exact) mass is 365 g/mol. The van der Waals surface area contributed by atoms with E-state index in [4.69, 9.17) is 0 Å². The number of hydrogen-bond donors (Lipinski definition) is 2. The number of fused-ring (bicyclic) bond motifs is 1. The first-order chi connectivity index (χ1) is 13.1. The number of carbonyl (C=O) groups is 2. The fourth-order valence-electron chi connectivity index (χ4n) is 3.31. The lowest BCUT2D eigenvalue weighted by molar-refractivity contribution is -0.120. The maximum absolute atomic E-state index is 12.7. The topological polar surface area (TPSA) is 82.0 Å². The number of oxime groups is 1. The van der Waals surface area contributed by atoms with Crippen molar-refractivity contribution in [3.63, 3.8) is 0 Å². The lowest BCUT2D eigenvalue weighted by atomic mass is 10.0. The highest BCUT2D eigenvalue weighted by molar-refractivity contribution is 6.54. The molecule has 1 heterocycles. The first-order valence-corrected chi connectivity index (χ1v) is 9.12. The van der Waals surface area contributed by atoms with Crippen molar-refractivity contribution in [3.8, 4) is 0 Å². The van der Waals surface area contributed by atoms with E-state index in [1.54, 1.807) is 23.1 Å². The van der Waals surface area contributed by atoms with Gasteiger partial charge >= 0.3 is 0 Å². The van der Waals surface area contributed by atoms with Crippen molar-refractivity contribution >= 4 is 28.9 Å². The second-order valence-corrected chi connectivity index (χ2v) is 6.56. The Morgan fingerprint density at radius 1 is 1.15 bits per heavy atom. The summed E-state index contributed by atoms with van der Waals surface area (Å²) in [5.74, 6) is -0.465. The Kier molecular flexibility index (Phi) is 5.54. The van der Waals surface area contributed by atoms with Gasteiger partial charge in [0.15, 0.2) is 5.71 Å². The minimum absolute atomic E-state index is 0.0143. The highest BCUT2D eigenvalue weighted by atomic mass is 16.4. The van der Waals surface area contributed by atoms with Gasteiger partial charge < -0.3 is 15.4 Å². The number of nitrogens with one attached hydrogen (secondary N) is 1. The Balaban J connectivity index is 1.89. The third kappa shape index (κ3) is 3.69. The molecule has 6 nitrogen and oxygen atoms in total. The van der Waals surface area contributed by atoms with Crippen molar-refractivity contribution in [2.24, 2.45) is 11.1 Å². The minimum Gasteiger partial charge on any atom is -0.410 e. The molecule has 0 fully saturated rings. The van der Waals surface area contributed by atoms with Gasteiger partial charge in [0.05, 0.1) is 12.2 Å². The van der Waals surface area contributed by atoms with Gasteiger partial charge in [-0.3, -0.25) is 9.59 Å². The van der Waals surface area contributed by atoms with Crippen molar-refractivity contribution in [3.05, 3.63) is 59.7 Å². The summed E-state index contributed by atoms with van der Waals surface area (Å²) < 4.78 is 0. The van der Waals surface area contributed by atoms with Crippen LogP contribution in [0.25, 0.3) is 0 Å². The molecule has 6 heteroatoms. The zero-order valence-corrected chi connectivity index (χ0v) is 15.5. The number of hydrogen-bond acceptors (Lipinski definition) is 4. The Morgan fingerprint density at radius 3 is 2.48 bits per heavy atom. The third-order valence-electron chi connectivity index (χ3n) is 4.90. The van der Waals surface area contributed by atoms with Crippen molar-refractivity contribution < 1.29 is 14.8 Å². The van der Waals surface area contributed by atoms with Crippen LogP contribution in [0.15, 0.2) is 53.7 Å². The molecule has 140 valence electrons. The summed E-state index contributed by atoms with van der Waals surface area (Å²) in [5, 5.41) is 15.5. The van der Waals surface area contributed by atoms with Crippen LogP contribution in [0.4, 0.5) is 11.4 Å². The molecular weight excluding hydrogens is 342 g/mol. The van der Waals surface area contributed by atoms with Crippen molar-refractivity contribution in [1.29, 1.82) is 0 Å². The summed E-state index contributed by atoms with van der Waals surface area (Å²) in [6.07, 6.45) is 1.53. The van der Waals surface area contributed by atoms with Crippen LogP contribution in [0, 0.1) is 5.92 Å². The van der Waals surface area contributed by atoms with Gasteiger partial charge in [-0.2, -0.15) is 0 Å². The Labute approximate surface area is 158 Å². The normalized spacial score (nSPS) is 14.7. The Hall–Kier alpha value is -3.15. The number of rotatable bonds is 6. The van der Waals surface area contributed by atoms with E-state index in [9.17, 15) is 14.8 Å². The maximum Gasteiger partial charge on any atom is 0.281 e. The van der Waals surface area contributed by atoms with Crippen LogP contribution in [-0.2, 0) is 16.1 Å². The predicted molar refractivity (Wildman–Crippen MR) is 105 cm³/mol. The molecular formula is C21H23N3O3. The second kappa shape index (κ2) is 8.03. The molecule has 2 N–H and O–H groups in total. The number of carbonyl (C=O) groups excluding carboxylic acids is 2. The number of nitrogens with zero attached hydrogens (tertiary/aromatic N) is 2. The van der Waals surface area contributed by atoms with Crippen molar-refractivity contribution in [1.82, 2.24) is 0 Å². The summed E-state index contributed by atoms with van der Waals surface area (Å²) in [7, 11) is 0. The molecule has 2 amide bonds. The van der Waals surface area contributed by atoms with Gasteiger partial charge in [0.2, 0.25) is 5.91 Å². The van der Waals surface area contributed by atoms with Gasteiger partial charge in [0, 0.05) is 17.2 Å². The molecule has 0 bridgehead atoms. The largest absolute Gasteiger partial charge is 0.410 e.